The van der Waals surface area contributed by atoms with Gasteiger partial charge in [-0.15, -0.1) is 0 Å². The summed E-state index contributed by atoms with van der Waals surface area (Å²) < 4.78 is 18.2. The van der Waals surface area contributed by atoms with Crippen molar-refractivity contribution in [2.24, 2.45) is 0 Å². The van der Waals surface area contributed by atoms with Crippen molar-refractivity contribution < 1.29 is 28.3 Å². The van der Waals surface area contributed by atoms with Gasteiger partial charge in [-0.25, -0.2) is 4.79 Å². The summed E-state index contributed by atoms with van der Waals surface area (Å²) in [6, 6.07) is 5.63. The Morgan fingerprint density at radius 2 is 2.02 bits per heavy atom. The minimum absolute atomic E-state index is 0.152. The average Bonchev–Trinajstić information content (AvgIpc) is 3.51. The first-order chi connectivity index (χ1) is 18.9. The predicted molar refractivity (Wildman–Crippen MR) is 155 cm³/mol. The summed E-state index contributed by atoms with van der Waals surface area (Å²) in [5, 5.41) is 8.45. The molecule has 4 rings (SSSR count). The molecule has 0 fully saturated rings. The Balaban J connectivity index is 1.70. The Bertz CT molecular complexity index is 1430. The highest BCUT2D eigenvalue weighted by atomic mass is 35.5. The van der Waals surface area contributed by atoms with Gasteiger partial charge in [-0.2, -0.15) is 5.10 Å². The van der Waals surface area contributed by atoms with Gasteiger partial charge in [0.2, 0.25) is 5.69 Å². The molecule has 0 radical (unpaired) electrons. The number of aromatic nitrogens is 3. The Hall–Kier alpha value is -2.92. The molecule has 1 aliphatic rings. The third-order valence-electron chi connectivity index (χ3n) is 7.03. The number of hydrogen-bond acceptors (Lipinski definition) is 6. The second kappa shape index (κ2) is 12.3. The topological polar surface area (TPSA) is 102 Å². The number of H-pyrrole nitrogens is 1. The first kappa shape index (κ1) is 30.0. The van der Waals surface area contributed by atoms with E-state index in [2.05, 4.69) is 36.5 Å². The van der Waals surface area contributed by atoms with E-state index in [-0.39, 0.29) is 23.9 Å². The lowest BCUT2D eigenvalue weighted by molar-refractivity contribution is -0.787. The summed E-state index contributed by atoms with van der Waals surface area (Å²) in [5.41, 5.74) is 4.58. The highest BCUT2D eigenvalue weighted by Crippen LogP contribution is 2.37. The van der Waals surface area contributed by atoms with Crippen LogP contribution >= 0.6 is 23.2 Å². The quantitative estimate of drug-likeness (QED) is 0.106. The normalized spacial score (nSPS) is 15.2. The van der Waals surface area contributed by atoms with E-state index in [0.717, 1.165) is 17.3 Å². The van der Waals surface area contributed by atoms with Gasteiger partial charge in [-0.05, 0) is 31.2 Å². The van der Waals surface area contributed by atoms with Crippen LogP contribution in [0.5, 0.6) is 0 Å². The summed E-state index contributed by atoms with van der Waals surface area (Å²) in [6.07, 6.45) is 2.30. The van der Waals surface area contributed by atoms with E-state index in [1.807, 2.05) is 16.5 Å². The first-order valence-corrected chi connectivity index (χ1v) is 17.6. The number of nitrogens with zero attached hydrogens (tertiary/aromatic N) is 3. The molecule has 3 aromatic rings. The van der Waals surface area contributed by atoms with Gasteiger partial charge in [0.15, 0.2) is 0 Å². The van der Waals surface area contributed by atoms with Gasteiger partial charge < -0.3 is 18.9 Å². The molecule has 0 aliphatic carbocycles. The second-order valence-electron chi connectivity index (χ2n) is 11.1. The van der Waals surface area contributed by atoms with E-state index in [1.165, 1.54) is 13.4 Å². The zero-order chi connectivity index (χ0) is 29.2. The SMILES string of the molecule is C=C(Cc1conc1-c1[nH][n+](COCC[Si](C)(C)C)c2c1[C@@H](C)N(C(=O)c1ccc(Cl)c(Cl)c1)CC2)C(=O)OC. The number of rotatable bonds is 10. The van der Waals surface area contributed by atoms with E-state index < -0.39 is 14.0 Å². The minimum Gasteiger partial charge on any atom is -0.466 e. The zero-order valence-electron chi connectivity index (χ0n) is 23.5. The number of benzene rings is 1. The summed E-state index contributed by atoms with van der Waals surface area (Å²) in [4.78, 5) is 27.4. The van der Waals surface area contributed by atoms with Crippen molar-refractivity contribution in [2.45, 2.75) is 58.2 Å². The maximum Gasteiger partial charge on any atom is 0.333 e. The van der Waals surface area contributed by atoms with Gasteiger partial charge in [0.1, 0.15) is 17.7 Å². The van der Waals surface area contributed by atoms with Crippen LogP contribution in [0.1, 0.15) is 40.1 Å². The smallest absolute Gasteiger partial charge is 0.333 e. The molecule has 1 atom stereocenters. The molecule has 1 amide bonds. The van der Waals surface area contributed by atoms with Crippen LogP contribution in [0.15, 0.2) is 41.1 Å². The number of nitrogens with one attached hydrogen (secondary N) is 1. The number of ether oxygens (including phenoxy) is 2. The standard InChI is InChI=1S/C28H34Cl2N4O5Si/c1-17(28(36)37-3)13-20-15-39-32-25(20)26-24-18(2)33(27(35)19-7-8-21(29)22(30)14-19)10-9-23(24)34(31-26)16-38-11-12-40(4,5)6/h7-8,14-15,18H,1,9-13,16H2,2-6H3/p+1/t18-/m1/s1. The fourth-order valence-corrected chi connectivity index (χ4v) is 5.84. The zero-order valence-corrected chi connectivity index (χ0v) is 26.0. The number of fused-ring (bicyclic) bond motifs is 1. The van der Waals surface area contributed by atoms with Crippen LogP contribution in [-0.2, 0) is 33.8 Å². The molecule has 0 spiro atoms. The van der Waals surface area contributed by atoms with Crippen molar-refractivity contribution in [3.8, 4) is 11.4 Å². The minimum atomic E-state index is -1.25. The third kappa shape index (κ3) is 6.51. The van der Waals surface area contributed by atoms with Crippen molar-refractivity contribution in [1.82, 2.24) is 15.2 Å². The van der Waals surface area contributed by atoms with Gasteiger partial charge >= 0.3 is 5.97 Å². The lowest BCUT2D eigenvalue weighted by atomic mass is 9.93. The number of hydrogen-bond donors (Lipinski definition) is 1. The van der Waals surface area contributed by atoms with E-state index in [4.69, 9.17) is 37.2 Å². The lowest BCUT2D eigenvalue weighted by Crippen LogP contribution is -2.46. The number of esters is 1. The first-order valence-electron chi connectivity index (χ1n) is 13.1. The Kier molecular flexibility index (Phi) is 9.24. The Morgan fingerprint density at radius 3 is 2.70 bits per heavy atom. The molecular formula is C28H35Cl2N4O5Si+. The van der Waals surface area contributed by atoms with E-state index >= 15 is 0 Å². The van der Waals surface area contributed by atoms with Crippen LogP contribution in [0.25, 0.3) is 11.4 Å². The molecule has 3 heterocycles. The average molecular weight is 607 g/mol. The molecule has 0 saturated heterocycles. The van der Waals surface area contributed by atoms with Gasteiger partial charge in [0, 0.05) is 37.7 Å². The number of carbonyl (C=O) groups is 2. The second-order valence-corrected chi connectivity index (χ2v) is 17.6. The van der Waals surface area contributed by atoms with Gasteiger partial charge in [0.05, 0.1) is 41.8 Å². The fourth-order valence-electron chi connectivity index (χ4n) is 4.78. The lowest BCUT2D eigenvalue weighted by Gasteiger charge is -2.32. The molecule has 9 nitrogen and oxygen atoms in total. The molecule has 1 N–H and O–H groups in total. The molecule has 1 aromatic carbocycles. The molecule has 40 heavy (non-hydrogen) atoms. The highest BCUT2D eigenvalue weighted by Gasteiger charge is 2.40. The number of halogens is 2. The maximum atomic E-state index is 13.6. The van der Waals surface area contributed by atoms with Crippen molar-refractivity contribution in [3.63, 3.8) is 0 Å². The van der Waals surface area contributed by atoms with Crippen LogP contribution < -0.4 is 4.68 Å². The summed E-state index contributed by atoms with van der Waals surface area (Å²) in [6.45, 7) is 14.3. The van der Waals surface area contributed by atoms with Crippen molar-refractivity contribution in [3.05, 3.63) is 69.0 Å². The Labute approximate surface area is 245 Å². The molecule has 0 saturated carbocycles. The van der Waals surface area contributed by atoms with Crippen LogP contribution in [-0.4, -0.2) is 55.4 Å². The molecule has 1 aliphatic heterocycles. The van der Waals surface area contributed by atoms with Crippen molar-refractivity contribution in [2.75, 3.05) is 20.3 Å². The molecular weight excluding hydrogens is 571 g/mol. The third-order valence-corrected chi connectivity index (χ3v) is 9.47. The maximum absolute atomic E-state index is 13.6. The number of amides is 1. The highest BCUT2D eigenvalue weighted by molar-refractivity contribution is 6.76. The number of methoxy groups -OCH3 is 1. The van der Waals surface area contributed by atoms with Gasteiger partial charge in [0.25, 0.3) is 12.6 Å². The Morgan fingerprint density at radius 1 is 1.27 bits per heavy atom. The molecule has 0 bridgehead atoms. The van der Waals surface area contributed by atoms with Crippen LogP contribution in [0.4, 0.5) is 0 Å². The van der Waals surface area contributed by atoms with Crippen LogP contribution in [0, 0.1) is 0 Å². The predicted octanol–water partition coefficient (Wildman–Crippen LogP) is 5.61. The van der Waals surface area contributed by atoms with Crippen LogP contribution in [0.3, 0.4) is 0 Å². The van der Waals surface area contributed by atoms with E-state index in [0.29, 0.717) is 58.9 Å². The van der Waals surface area contributed by atoms with E-state index in [9.17, 15) is 9.59 Å². The molecule has 12 heteroatoms. The molecule has 214 valence electrons. The molecule has 2 aromatic heterocycles. The summed E-state index contributed by atoms with van der Waals surface area (Å²) in [7, 11) is 0.0697. The number of aromatic amines is 1. The fraction of sp³-hybridized carbons (Fsp3) is 0.429. The van der Waals surface area contributed by atoms with E-state index in [1.54, 1.807) is 18.2 Å². The van der Waals surface area contributed by atoms with Gasteiger partial charge in [-0.3, -0.25) is 4.79 Å². The largest absolute Gasteiger partial charge is 0.466 e. The monoisotopic (exact) mass is 605 g/mol. The van der Waals surface area contributed by atoms with Crippen molar-refractivity contribution >= 4 is 43.2 Å². The number of carbonyl (C=O) groups excluding carboxylic acids is 2. The van der Waals surface area contributed by atoms with Gasteiger partial charge in [-0.1, -0.05) is 59.3 Å². The summed E-state index contributed by atoms with van der Waals surface area (Å²) >= 11 is 12.3. The summed E-state index contributed by atoms with van der Waals surface area (Å²) in [5.74, 6) is -0.653. The van der Waals surface area contributed by atoms with Crippen molar-refractivity contribution in [1.29, 1.82) is 0 Å². The van der Waals surface area contributed by atoms with Crippen LogP contribution in [0.2, 0.25) is 35.7 Å². The molecule has 0 unspecified atom stereocenters.